The van der Waals surface area contributed by atoms with Crippen LogP contribution in [-0.4, -0.2) is 12.5 Å². The van der Waals surface area contributed by atoms with Gasteiger partial charge in [-0.25, -0.2) is 0 Å². The van der Waals surface area contributed by atoms with Gasteiger partial charge in [0, 0.05) is 16.6 Å². The molecule has 1 aliphatic rings. The molecule has 5 heteroatoms. The van der Waals surface area contributed by atoms with Gasteiger partial charge in [-0.05, 0) is 60.2 Å². The van der Waals surface area contributed by atoms with Gasteiger partial charge >= 0.3 is 0 Å². The van der Waals surface area contributed by atoms with E-state index in [-0.39, 0.29) is 12.5 Å². The summed E-state index contributed by atoms with van der Waals surface area (Å²) in [5.41, 5.74) is 3.54. The zero-order chi connectivity index (χ0) is 16.2. The quantitative estimate of drug-likeness (QED) is 0.879. The number of halogens is 2. The van der Waals surface area contributed by atoms with E-state index in [4.69, 9.17) is 27.9 Å². The van der Waals surface area contributed by atoms with Gasteiger partial charge in [-0.3, -0.25) is 4.79 Å². The molecular formula is C18H17Cl2NO2. The van der Waals surface area contributed by atoms with Crippen LogP contribution >= 0.6 is 23.2 Å². The van der Waals surface area contributed by atoms with Crippen LogP contribution in [0.2, 0.25) is 10.0 Å². The summed E-state index contributed by atoms with van der Waals surface area (Å²) < 4.78 is 5.56. The molecule has 23 heavy (non-hydrogen) atoms. The lowest BCUT2D eigenvalue weighted by Crippen LogP contribution is -2.28. The molecule has 0 aromatic heterocycles. The Balaban J connectivity index is 1.50. The van der Waals surface area contributed by atoms with E-state index in [1.165, 1.54) is 17.5 Å². The Bertz CT molecular complexity index is 731. The number of rotatable bonds is 5. The van der Waals surface area contributed by atoms with Crippen molar-refractivity contribution >= 4 is 29.1 Å². The van der Waals surface area contributed by atoms with Crippen molar-refractivity contribution in [1.29, 1.82) is 0 Å². The number of hydrogen-bond donors (Lipinski definition) is 1. The standard InChI is InChI=1S/C18H17Cl2NO2/c19-15-6-4-14(17(20)9-15)10-21-18(22)11-23-16-7-5-12-2-1-3-13(12)8-16/h4-9H,1-3,10-11H2,(H,21,22). The van der Waals surface area contributed by atoms with E-state index in [1.807, 2.05) is 12.1 Å². The van der Waals surface area contributed by atoms with Crippen LogP contribution in [0.15, 0.2) is 36.4 Å². The molecule has 2 aromatic rings. The first-order valence-electron chi connectivity index (χ1n) is 7.57. The van der Waals surface area contributed by atoms with Gasteiger partial charge in [-0.1, -0.05) is 35.3 Å². The van der Waals surface area contributed by atoms with E-state index < -0.39 is 0 Å². The summed E-state index contributed by atoms with van der Waals surface area (Å²) in [6, 6.07) is 11.2. The number of carbonyl (C=O) groups excluding carboxylic acids is 1. The first-order chi connectivity index (χ1) is 11.1. The molecule has 0 unspecified atom stereocenters. The van der Waals surface area contributed by atoms with Gasteiger partial charge in [0.25, 0.3) is 5.91 Å². The van der Waals surface area contributed by atoms with Crippen molar-refractivity contribution < 1.29 is 9.53 Å². The third-order valence-electron chi connectivity index (χ3n) is 3.93. The van der Waals surface area contributed by atoms with Gasteiger partial charge in [0.05, 0.1) is 0 Å². The molecule has 0 spiro atoms. The zero-order valence-electron chi connectivity index (χ0n) is 12.6. The van der Waals surface area contributed by atoms with E-state index in [0.717, 1.165) is 24.2 Å². The summed E-state index contributed by atoms with van der Waals surface area (Å²) >= 11 is 11.9. The van der Waals surface area contributed by atoms with E-state index in [1.54, 1.807) is 18.2 Å². The lowest BCUT2D eigenvalue weighted by Gasteiger charge is -2.10. The predicted molar refractivity (Wildman–Crippen MR) is 92.3 cm³/mol. The highest BCUT2D eigenvalue weighted by Crippen LogP contribution is 2.26. The minimum absolute atomic E-state index is 0.00993. The number of aryl methyl sites for hydroxylation is 2. The molecule has 2 aromatic carbocycles. The highest BCUT2D eigenvalue weighted by Gasteiger charge is 2.12. The van der Waals surface area contributed by atoms with Crippen LogP contribution < -0.4 is 10.1 Å². The lowest BCUT2D eigenvalue weighted by atomic mass is 10.1. The lowest BCUT2D eigenvalue weighted by molar-refractivity contribution is -0.123. The average molecular weight is 350 g/mol. The summed E-state index contributed by atoms with van der Waals surface area (Å²) in [6.07, 6.45) is 3.42. The molecule has 0 bridgehead atoms. The SMILES string of the molecule is O=C(COc1ccc2c(c1)CCC2)NCc1ccc(Cl)cc1Cl. The third-order valence-corrected chi connectivity index (χ3v) is 4.52. The van der Waals surface area contributed by atoms with Crippen molar-refractivity contribution in [2.75, 3.05) is 6.61 Å². The monoisotopic (exact) mass is 349 g/mol. The predicted octanol–water partition coefficient (Wildman–Crippen LogP) is 4.18. The molecule has 1 aliphatic carbocycles. The molecule has 1 amide bonds. The molecule has 0 heterocycles. The number of fused-ring (bicyclic) bond motifs is 1. The first-order valence-corrected chi connectivity index (χ1v) is 8.32. The maximum Gasteiger partial charge on any atom is 0.258 e. The van der Waals surface area contributed by atoms with Gasteiger partial charge in [-0.2, -0.15) is 0 Å². The van der Waals surface area contributed by atoms with Gasteiger partial charge in [0.15, 0.2) is 6.61 Å². The Labute approximate surface area is 145 Å². The second-order valence-corrected chi connectivity index (χ2v) is 6.43. The van der Waals surface area contributed by atoms with Crippen LogP contribution in [0.4, 0.5) is 0 Å². The second-order valence-electron chi connectivity index (χ2n) is 5.59. The van der Waals surface area contributed by atoms with E-state index in [0.29, 0.717) is 16.6 Å². The average Bonchev–Trinajstić information content (AvgIpc) is 2.99. The Morgan fingerprint density at radius 3 is 2.74 bits per heavy atom. The Morgan fingerprint density at radius 1 is 1.09 bits per heavy atom. The van der Waals surface area contributed by atoms with Crippen LogP contribution in [0, 0.1) is 0 Å². The molecule has 3 nitrogen and oxygen atoms in total. The van der Waals surface area contributed by atoms with Crippen LogP contribution in [-0.2, 0) is 24.2 Å². The van der Waals surface area contributed by atoms with Crippen molar-refractivity contribution in [2.45, 2.75) is 25.8 Å². The first kappa shape index (κ1) is 16.2. The number of nitrogens with one attached hydrogen (secondary N) is 1. The van der Waals surface area contributed by atoms with Crippen LogP contribution in [0.5, 0.6) is 5.75 Å². The number of benzene rings is 2. The molecule has 0 saturated carbocycles. The van der Waals surface area contributed by atoms with Gasteiger partial charge < -0.3 is 10.1 Å². The number of hydrogen-bond acceptors (Lipinski definition) is 2. The van der Waals surface area contributed by atoms with E-state index >= 15 is 0 Å². The Kier molecular flexibility index (Phi) is 5.09. The van der Waals surface area contributed by atoms with Crippen molar-refractivity contribution in [1.82, 2.24) is 5.32 Å². The minimum atomic E-state index is -0.184. The van der Waals surface area contributed by atoms with Gasteiger partial charge in [-0.15, -0.1) is 0 Å². The fraction of sp³-hybridized carbons (Fsp3) is 0.278. The molecule has 0 fully saturated rings. The zero-order valence-corrected chi connectivity index (χ0v) is 14.1. The molecule has 0 radical (unpaired) electrons. The molecule has 120 valence electrons. The maximum absolute atomic E-state index is 11.9. The summed E-state index contributed by atoms with van der Waals surface area (Å²) in [4.78, 5) is 11.9. The molecule has 1 N–H and O–H groups in total. The Morgan fingerprint density at radius 2 is 1.91 bits per heavy atom. The highest BCUT2D eigenvalue weighted by molar-refractivity contribution is 6.35. The Hall–Kier alpha value is -1.71. The summed E-state index contributed by atoms with van der Waals surface area (Å²) in [5, 5.41) is 3.90. The van der Waals surface area contributed by atoms with E-state index in [9.17, 15) is 4.79 Å². The topological polar surface area (TPSA) is 38.3 Å². The third kappa shape index (κ3) is 4.18. The van der Waals surface area contributed by atoms with Gasteiger partial charge in [0.1, 0.15) is 5.75 Å². The van der Waals surface area contributed by atoms with Crippen molar-refractivity contribution in [3.8, 4) is 5.75 Å². The summed E-state index contributed by atoms with van der Waals surface area (Å²) in [7, 11) is 0. The summed E-state index contributed by atoms with van der Waals surface area (Å²) in [5.74, 6) is 0.557. The highest BCUT2D eigenvalue weighted by atomic mass is 35.5. The van der Waals surface area contributed by atoms with Crippen LogP contribution in [0.3, 0.4) is 0 Å². The minimum Gasteiger partial charge on any atom is -0.484 e. The number of amides is 1. The van der Waals surface area contributed by atoms with Gasteiger partial charge in [0.2, 0.25) is 0 Å². The van der Waals surface area contributed by atoms with Crippen LogP contribution in [0.1, 0.15) is 23.1 Å². The second kappa shape index (κ2) is 7.24. The fourth-order valence-electron chi connectivity index (χ4n) is 2.70. The number of carbonyl (C=O) groups is 1. The summed E-state index contributed by atoms with van der Waals surface area (Å²) in [6.45, 7) is 0.340. The maximum atomic E-state index is 11.9. The largest absolute Gasteiger partial charge is 0.484 e. The molecular weight excluding hydrogens is 333 g/mol. The fourth-order valence-corrected chi connectivity index (χ4v) is 3.17. The molecule has 3 rings (SSSR count). The van der Waals surface area contributed by atoms with E-state index in [2.05, 4.69) is 11.4 Å². The molecule has 0 atom stereocenters. The molecule has 0 aliphatic heterocycles. The van der Waals surface area contributed by atoms with Crippen LogP contribution in [0.25, 0.3) is 0 Å². The number of ether oxygens (including phenoxy) is 1. The normalized spacial score (nSPS) is 12.8. The van der Waals surface area contributed by atoms with Crippen molar-refractivity contribution in [3.63, 3.8) is 0 Å². The molecule has 0 saturated heterocycles. The van der Waals surface area contributed by atoms with Crippen molar-refractivity contribution in [2.24, 2.45) is 0 Å². The smallest absolute Gasteiger partial charge is 0.258 e. The van der Waals surface area contributed by atoms with Crippen molar-refractivity contribution in [3.05, 3.63) is 63.1 Å².